The van der Waals surface area contributed by atoms with Gasteiger partial charge in [0.1, 0.15) is 6.10 Å². The summed E-state index contributed by atoms with van der Waals surface area (Å²) < 4.78 is 5.88. The molecular weight excluding hydrogens is 466 g/mol. The van der Waals surface area contributed by atoms with E-state index in [1.54, 1.807) is 12.2 Å². The molecule has 0 unspecified atom stereocenters. The molecule has 4 aliphatic rings. The Bertz CT molecular complexity index is 1040. The fourth-order valence-corrected chi connectivity index (χ4v) is 9.62. The lowest BCUT2D eigenvalue weighted by Gasteiger charge is -2.69. The number of ether oxygens (including phenoxy) is 1. The van der Waals surface area contributed by atoms with Crippen molar-refractivity contribution in [2.75, 3.05) is 0 Å². The molecule has 0 aromatic rings. The van der Waals surface area contributed by atoms with Crippen molar-refractivity contribution in [3.05, 3.63) is 34.9 Å². The zero-order chi connectivity index (χ0) is 27.5. The van der Waals surface area contributed by atoms with E-state index in [0.717, 1.165) is 36.8 Å². The maximum Gasteiger partial charge on any atom is 0.335 e. The minimum absolute atomic E-state index is 0.0153. The Morgan fingerprint density at radius 2 is 1.76 bits per heavy atom. The van der Waals surface area contributed by atoms with Crippen LogP contribution in [0.5, 0.6) is 0 Å². The minimum Gasteiger partial charge on any atom is -0.478 e. The lowest BCUT2D eigenvalue weighted by atomic mass is 9.36. The third kappa shape index (κ3) is 4.32. The van der Waals surface area contributed by atoms with Gasteiger partial charge in [0.2, 0.25) is 0 Å². The van der Waals surface area contributed by atoms with Gasteiger partial charge in [-0.05, 0) is 104 Å². The van der Waals surface area contributed by atoms with Gasteiger partial charge in [0, 0.05) is 13.0 Å². The van der Waals surface area contributed by atoms with E-state index in [-0.39, 0.29) is 57.7 Å². The molecule has 4 rings (SSSR count). The van der Waals surface area contributed by atoms with Gasteiger partial charge in [-0.3, -0.25) is 4.79 Å². The molecule has 10 atom stereocenters. The van der Waals surface area contributed by atoms with Crippen molar-refractivity contribution in [1.29, 1.82) is 0 Å². The minimum atomic E-state index is -0.999. The summed E-state index contributed by atoms with van der Waals surface area (Å²) in [7, 11) is 0. The summed E-state index contributed by atoms with van der Waals surface area (Å²) in [6, 6.07) is -0.0961. The first-order valence-corrected chi connectivity index (χ1v) is 14.1. The quantitative estimate of drug-likeness (QED) is 0.263. The summed E-state index contributed by atoms with van der Waals surface area (Å²) in [6.07, 6.45) is 9.55. The highest BCUT2D eigenvalue weighted by Gasteiger charge is 2.70. The number of carbonyl (C=O) groups is 2. The first-order chi connectivity index (χ1) is 17.2. The maximum absolute atomic E-state index is 12.6. The Morgan fingerprint density at radius 3 is 2.35 bits per heavy atom. The van der Waals surface area contributed by atoms with E-state index in [1.807, 2.05) is 19.9 Å². The molecule has 6 heteroatoms. The van der Waals surface area contributed by atoms with E-state index in [1.165, 1.54) is 6.92 Å². The molecule has 0 aromatic carbocycles. The number of fused-ring (bicyclic) bond motifs is 5. The van der Waals surface area contributed by atoms with Crippen LogP contribution in [-0.4, -0.2) is 40.4 Å². The standard InChI is InChI=1S/C31H47NO5/c1-17(2)9-8-10-20(28(35)36)26-22-15-23(32)27-29(5)13-12-24(34)18(3)21(29)11-14-30(27,6)31(22,7)16-25(26)37-19(4)33/h8-10,18,21-25,27,34H,11-16,32H2,1-7H3,(H,35,36)/b10-8-,26-20-/t18-,21-,22-,23+,24+,25-,27-,29-,30-,31-/m0/s1. The average molecular weight is 514 g/mol. The van der Waals surface area contributed by atoms with Gasteiger partial charge < -0.3 is 20.7 Å². The van der Waals surface area contributed by atoms with Gasteiger partial charge in [0.05, 0.1) is 11.7 Å². The summed E-state index contributed by atoms with van der Waals surface area (Å²) in [4.78, 5) is 24.8. The second-order valence-corrected chi connectivity index (χ2v) is 13.5. The van der Waals surface area contributed by atoms with Gasteiger partial charge in [-0.15, -0.1) is 0 Å². The molecule has 0 radical (unpaired) electrons. The Balaban J connectivity index is 1.86. The van der Waals surface area contributed by atoms with Gasteiger partial charge in [-0.1, -0.05) is 45.4 Å². The zero-order valence-corrected chi connectivity index (χ0v) is 23.7. The maximum atomic E-state index is 12.6. The molecule has 0 aliphatic heterocycles. The molecule has 6 nitrogen and oxygen atoms in total. The normalized spacial score (nSPS) is 46.5. The molecule has 0 spiro atoms. The summed E-state index contributed by atoms with van der Waals surface area (Å²) >= 11 is 0. The number of aliphatic hydroxyl groups is 1. The summed E-state index contributed by atoms with van der Waals surface area (Å²) in [5.74, 6) is -0.555. The van der Waals surface area contributed by atoms with E-state index < -0.39 is 12.1 Å². The number of carboxylic acids is 1. The van der Waals surface area contributed by atoms with Gasteiger partial charge in [0.15, 0.2) is 0 Å². The van der Waals surface area contributed by atoms with Crippen LogP contribution in [0.4, 0.5) is 0 Å². The van der Waals surface area contributed by atoms with Gasteiger partial charge in [-0.25, -0.2) is 4.79 Å². The second-order valence-electron chi connectivity index (χ2n) is 13.5. The Labute approximate surface area is 222 Å². The van der Waals surface area contributed by atoms with Crippen LogP contribution in [0.1, 0.15) is 87.0 Å². The number of hydrogen-bond donors (Lipinski definition) is 3. The third-order valence-corrected chi connectivity index (χ3v) is 11.3. The highest BCUT2D eigenvalue weighted by molar-refractivity contribution is 5.91. The molecule has 4 fully saturated rings. The van der Waals surface area contributed by atoms with Gasteiger partial charge in [-0.2, -0.15) is 0 Å². The summed E-state index contributed by atoms with van der Waals surface area (Å²) in [6.45, 7) is 14.6. The molecule has 0 heterocycles. The highest BCUT2D eigenvalue weighted by Crippen LogP contribution is 2.74. The summed E-state index contributed by atoms with van der Waals surface area (Å²) in [5.41, 5.74) is 8.75. The molecule has 37 heavy (non-hydrogen) atoms. The molecule has 206 valence electrons. The predicted octanol–water partition coefficient (Wildman–Crippen LogP) is 5.41. The largest absolute Gasteiger partial charge is 0.478 e. The highest BCUT2D eigenvalue weighted by atomic mass is 16.5. The average Bonchev–Trinajstić information content (AvgIpc) is 3.05. The topological polar surface area (TPSA) is 110 Å². The van der Waals surface area contributed by atoms with Crippen LogP contribution in [-0.2, 0) is 14.3 Å². The first-order valence-electron chi connectivity index (χ1n) is 14.1. The fourth-order valence-electron chi connectivity index (χ4n) is 9.62. The molecule has 0 aromatic heterocycles. The number of allylic oxidation sites excluding steroid dienone is 3. The Kier molecular flexibility index (Phi) is 7.35. The van der Waals surface area contributed by atoms with Crippen LogP contribution >= 0.6 is 0 Å². The molecule has 4 saturated carbocycles. The number of esters is 1. The van der Waals surface area contributed by atoms with Crippen LogP contribution in [0.25, 0.3) is 0 Å². The van der Waals surface area contributed by atoms with Crippen molar-refractivity contribution in [3.8, 4) is 0 Å². The van der Waals surface area contributed by atoms with Crippen LogP contribution < -0.4 is 5.73 Å². The van der Waals surface area contributed by atoms with E-state index in [0.29, 0.717) is 18.8 Å². The number of hydrogen-bond acceptors (Lipinski definition) is 5. The zero-order valence-electron chi connectivity index (χ0n) is 23.7. The third-order valence-electron chi connectivity index (χ3n) is 11.3. The lowest BCUT2D eigenvalue weighted by molar-refractivity contribution is -0.204. The van der Waals surface area contributed by atoms with Crippen molar-refractivity contribution in [3.63, 3.8) is 0 Å². The van der Waals surface area contributed by atoms with Crippen molar-refractivity contribution < 1.29 is 24.5 Å². The number of carbonyl (C=O) groups excluding carboxylic acids is 1. The van der Waals surface area contributed by atoms with Crippen molar-refractivity contribution in [2.24, 2.45) is 45.7 Å². The van der Waals surface area contributed by atoms with Gasteiger partial charge in [0.25, 0.3) is 0 Å². The van der Waals surface area contributed by atoms with Crippen LogP contribution in [0.3, 0.4) is 0 Å². The predicted molar refractivity (Wildman–Crippen MR) is 144 cm³/mol. The van der Waals surface area contributed by atoms with Crippen molar-refractivity contribution in [2.45, 2.75) is 105 Å². The Hall–Kier alpha value is -1.92. The summed E-state index contributed by atoms with van der Waals surface area (Å²) in [5, 5.41) is 21.0. The number of aliphatic carboxylic acids is 1. The number of carboxylic acid groups (broad SMARTS) is 1. The van der Waals surface area contributed by atoms with E-state index in [4.69, 9.17) is 10.5 Å². The molecule has 4 aliphatic carbocycles. The molecule has 0 amide bonds. The SMILES string of the molecule is CC(=O)O[C@H]1C[C@@]2(C)[C@@H](C[C@@H](N)[C@H]3[C@@]4(C)CC[C@@H](O)[C@@H](C)[C@@H]4CC[C@@]32C)/C1=C(\C=C/C=C(C)C)C(=O)O. The van der Waals surface area contributed by atoms with Gasteiger partial charge >= 0.3 is 11.9 Å². The molecule has 4 N–H and O–H groups in total. The van der Waals surface area contributed by atoms with E-state index >= 15 is 0 Å². The van der Waals surface area contributed by atoms with E-state index in [2.05, 4.69) is 27.7 Å². The number of aliphatic hydroxyl groups excluding tert-OH is 1. The first kappa shape index (κ1) is 28.1. The van der Waals surface area contributed by atoms with Crippen molar-refractivity contribution >= 4 is 11.9 Å². The van der Waals surface area contributed by atoms with Crippen LogP contribution in [0.2, 0.25) is 0 Å². The fraction of sp³-hybridized carbons (Fsp3) is 0.742. The van der Waals surface area contributed by atoms with Crippen LogP contribution in [0.15, 0.2) is 34.9 Å². The monoisotopic (exact) mass is 513 g/mol. The number of nitrogens with two attached hydrogens (primary N) is 1. The Morgan fingerprint density at radius 1 is 1.08 bits per heavy atom. The number of rotatable bonds is 4. The second kappa shape index (κ2) is 9.68. The van der Waals surface area contributed by atoms with Crippen LogP contribution in [0, 0.1) is 39.9 Å². The van der Waals surface area contributed by atoms with E-state index in [9.17, 15) is 19.8 Å². The molecular formula is C31H47NO5. The smallest absolute Gasteiger partial charge is 0.335 e. The molecule has 0 bridgehead atoms. The molecule has 0 saturated heterocycles. The van der Waals surface area contributed by atoms with Crippen molar-refractivity contribution in [1.82, 2.24) is 0 Å². The lowest BCUT2D eigenvalue weighted by Crippen LogP contribution is -2.67.